The molecule has 0 aromatic heterocycles. The molecule has 6 heteroatoms. The van der Waals surface area contributed by atoms with Crippen molar-refractivity contribution in [3.05, 3.63) is 35.9 Å². The normalized spacial score (nSPS) is 6.93. The van der Waals surface area contributed by atoms with Gasteiger partial charge < -0.3 is 15.0 Å². The maximum absolute atomic E-state index is 10.1. The van der Waals surface area contributed by atoms with Crippen LogP contribution < -0.4 is 46.3 Å². The van der Waals surface area contributed by atoms with E-state index in [0.717, 1.165) is 0 Å². The van der Waals surface area contributed by atoms with Crippen molar-refractivity contribution in [1.29, 1.82) is 0 Å². The van der Waals surface area contributed by atoms with Gasteiger partial charge in [0, 0.05) is 6.61 Å². The Kier molecular flexibility index (Phi) is 21.4. The van der Waals surface area contributed by atoms with Crippen LogP contribution in [-0.2, 0) is 0 Å². The van der Waals surface area contributed by atoms with E-state index in [9.17, 15) is 9.90 Å². The smallest absolute Gasteiger partial charge is 0.545 e. The molecule has 0 radical (unpaired) electrons. The van der Waals surface area contributed by atoms with E-state index < -0.39 is 5.97 Å². The minimum Gasteiger partial charge on any atom is -0.545 e. The second-order valence-electron chi connectivity index (χ2n) is 1.97. The number of aliphatic hydroxyl groups excluding tert-OH is 1. The molecule has 80 valence electrons. The van der Waals surface area contributed by atoms with Crippen molar-refractivity contribution in [1.82, 2.24) is 0 Å². The summed E-state index contributed by atoms with van der Waals surface area (Å²) in [5, 5.41) is 17.7. The fourth-order valence-electron chi connectivity index (χ4n) is 0.574. The summed E-state index contributed by atoms with van der Waals surface area (Å²) < 4.78 is 0. The average molecular weight is 222 g/mol. The van der Waals surface area contributed by atoms with Gasteiger partial charge in [0.25, 0.3) is 0 Å². The Morgan fingerprint density at radius 1 is 1.33 bits per heavy atom. The number of hydrogen-bond acceptors (Lipinski definition) is 5. The van der Waals surface area contributed by atoms with E-state index in [1.165, 1.54) is 12.1 Å². The molecule has 0 saturated heterocycles. The van der Waals surface area contributed by atoms with Gasteiger partial charge in [-0.25, -0.2) is 0 Å². The number of carbonyl (C=O) groups excluding carboxylic acids is 1. The third-order valence-electron chi connectivity index (χ3n) is 1.01. The van der Waals surface area contributed by atoms with Crippen LogP contribution >= 0.6 is 0 Å². The summed E-state index contributed by atoms with van der Waals surface area (Å²) in [5.74, 6) is 6.87. The zero-order chi connectivity index (χ0) is 11.4. The largest absolute Gasteiger partial charge is 1.00 e. The van der Waals surface area contributed by atoms with Gasteiger partial charge in [-0.3, -0.25) is 11.7 Å². The van der Waals surface area contributed by atoms with Gasteiger partial charge in [0.05, 0.1) is 5.97 Å². The topological polar surface area (TPSA) is 112 Å². The Hall–Kier alpha value is -0.430. The predicted molar refractivity (Wildman–Crippen MR) is 51.9 cm³/mol. The van der Waals surface area contributed by atoms with Crippen molar-refractivity contribution in [2.45, 2.75) is 6.92 Å². The first kappa shape index (κ1) is 20.0. The maximum Gasteiger partial charge on any atom is 1.00 e. The van der Waals surface area contributed by atoms with E-state index in [4.69, 9.17) is 5.11 Å². The number of carboxylic acids is 1. The molecule has 0 spiro atoms. The third-order valence-corrected chi connectivity index (χ3v) is 1.01. The fourth-order valence-corrected chi connectivity index (χ4v) is 0.574. The molecule has 0 bridgehead atoms. The predicted octanol–water partition coefficient (Wildman–Crippen LogP) is -4.13. The van der Waals surface area contributed by atoms with Gasteiger partial charge >= 0.3 is 29.6 Å². The van der Waals surface area contributed by atoms with Crippen molar-refractivity contribution in [2.75, 3.05) is 6.61 Å². The number of aliphatic hydroxyl groups is 1. The number of aromatic carboxylic acids is 1. The SMILES string of the molecule is CCO.NN.O=C([O-])c1ccccc1.[Na+]. The average Bonchev–Trinajstić information content (AvgIpc) is 2.23. The maximum atomic E-state index is 10.1. The van der Waals surface area contributed by atoms with Crippen LogP contribution in [-0.4, -0.2) is 17.7 Å². The summed E-state index contributed by atoms with van der Waals surface area (Å²) in [7, 11) is 0. The van der Waals surface area contributed by atoms with Crippen LogP contribution in [0.2, 0.25) is 0 Å². The molecule has 0 aliphatic heterocycles. The number of benzene rings is 1. The second kappa shape index (κ2) is 16.0. The molecule has 15 heavy (non-hydrogen) atoms. The van der Waals surface area contributed by atoms with Crippen molar-refractivity contribution >= 4 is 5.97 Å². The first-order valence-corrected chi connectivity index (χ1v) is 3.93. The number of hydrogen-bond donors (Lipinski definition) is 3. The second-order valence-corrected chi connectivity index (χ2v) is 1.97. The van der Waals surface area contributed by atoms with Crippen LogP contribution in [0.4, 0.5) is 0 Å². The van der Waals surface area contributed by atoms with E-state index in [-0.39, 0.29) is 41.7 Å². The first-order valence-electron chi connectivity index (χ1n) is 3.93. The first-order chi connectivity index (χ1) is 6.72. The summed E-state index contributed by atoms with van der Waals surface area (Å²) in [6.07, 6.45) is 0. The quantitative estimate of drug-likeness (QED) is 0.254. The van der Waals surface area contributed by atoms with Gasteiger partial charge in [-0.1, -0.05) is 30.3 Å². The minimum atomic E-state index is -1.13. The number of carbonyl (C=O) groups is 1. The number of carboxylic acid groups (broad SMARTS) is 1. The van der Waals surface area contributed by atoms with Crippen LogP contribution in [0.1, 0.15) is 17.3 Å². The van der Waals surface area contributed by atoms with Crippen LogP contribution in [0.3, 0.4) is 0 Å². The minimum absolute atomic E-state index is 0. The molecule has 1 aromatic carbocycles. The van der Waals surface area contributed by atoms with E-state index in [1.807, 2.05) is 0 Å². The van der Waals surface area contributed by atoms with E-state index in [0.29, 0.717) is 0 Å². The molecule has 0 atom stereocenters. The fraction of sp³-hybridized carbons (Fsp3) is 0.222. The Morgan fingerprint density at radius 3 is 1.87 bits per heavy atom. The number of rotatable bonds is 1. The molecule has 0 amide bonds. The summed E-state index contributed by atoms with van der Waals surface area (Å²) in [6.45, 7) is 1.93. The van der Waals surface area contributed by atoms with Gasteiger partial charge in [0.2, 0.25) is 0 Å². The van der Waals surface area contributed by atoms with Crippen LogP contribution in [0, 0.1) is 0 Å². The van der Waals surface area contributed by atoms with Gasteiger partial charge in [-0.05, 0) is 12.5 Å². The molecule has 0 saturated carbocycles. The molecule has 1 rings (SSSR count). The molecule has 0 heterocycles. The molecule has 0 aliphatic rings. The van der Waals surface area contributed by atoms with E-state index >= 15 is 0 Å². The van der Waals surface area contributed by atoms with Gasteiger partial charge in [0.15, 0.2) is 0 Å². The molecule has 0 aliphatic carbocycles. The zero-order valence-electron chi connectivity index (χ0n) is 9.01. The summed E-state index contributed by atoms with van der Waals surface area (Å²) in [4.78, 5) is 10.1. The van der Waals surface area contributed by atoms with Crippen LogP contribution in [0.25, 0.3) is 0 Å². The van der Waals surface area contributed by atoms with Gasteiger partial charge in [0.1, 0.15) is 0 Å². The van der Waals surface area contributed by atoms with E-state index in [2.05, 4.69) is 11.7 Å². The molecular weight excluding hydrogens is 207 g/mol. The van der Waals surface area contributed by atoms with Gasteiger partial charge in [-0.15, -0.1) is 0 Å². The molecule has 1 aromatic rings. The number of hydrazine groups is 1. The molecule has 5 nitrogen and oxygen atoms in total. The molecule has 0 unspecified atom stereocenters. The van der Waals surface area contributed by atoms with Crippen LogP contribution in [0.15, 0.2) is 30.3 Å². The van der Waals surface area contributed by atoms with Gasteiger partial charge in [-0.2, -0.15) is 0 Å². The Bertz CT molecular complexity index is 232. The van der Waals surface area contributed by atoms with Crippen molar-refractivity contribution < 1.29 is 44.6 Å². The summed E-state index contributed by atoms with van der Waals surface area (Å²) in [6, 6.07) is 8.06. The van der Waals surface area contributed by atoms with Crippen LogP contribution in [0.5, 0.6) is 0 Å². The standard InChI is InChI=1S/C7H6O2.C2H6O.H4N2.Na/c8-7(9)6-4-2-1-3-5-6;1-2-3;1-2;/h1-5H,(H,8,9);3H,2H2,1H3;1-2H2;/q;;;+1/p-1. The summed E-state index contributed by atoms with van der Waals surface area (Å²) in [5.41, 5.74) is 0.220. The summed E-state index contributed by atoms with van der Waals surface area (Å²) >= 11 is 0. The zero-order valence-corrected chi connectivity index (χ0v) is 11.0. The van der Waals surface area contributed by atoms with E-state index in [1.54, 1.807) is 25.1 Å². The Morgan fingerprint density at radius 2 is 1.67 bits per heavy atom. The Labute approximate surface area is 111 Å². The Balaban J connectivity index is -0.000000209. The van der Waals surface area contributed by atoms with Crippen molar-refractivity contribution in [3.63, 3.8) is 0 Å². The van der Waals surface area contributed by atoms with Crippen molar-refractivity contribution in [2.24, 2.45) is 11.7 Å². The van der Waals surface area contributed by atoms with Crippen molar-refractivity contribution in [3.8, 4) is 0 Å². The monoisotopic (exact) mass is 222 g/mol. The molecule has 0 fully saturated rings. The third kappa shape index (κ3) is 13.6. The molecular formula is C9H15N2NaO3. The molecule has 5 N–H and O–H groups in total. The number of nitrogens with two attached hydrogens (primary N) is 2.